The number of phenols is 5. The summed E-state index contributed by atoms with van der Waals surface area (Å²) in [4.78, 5) is 12.6. The predicted molar refractivity (Wildman–Crippen MR) is 213 cm³/mol. The van der Waals surface area contributed by atoms with Crippen molar-refractivity contribution in [3.8, 4) is 40.2 Å². The van der Waals surface area contributed by atoms with Crippen LogP contribution in [0, 0.1) is 0 Å². The summed E-state index contributed by atoms with van der Waals surface area (Å²) >= 11 is 0. The van der Waals surface area contributed by atoms with Crippen molar-refractivity contribution in [1.29, 1.82) is 0 Å². The Morgan fingerprint density at radius 1 is 0.677 bits per heavy atom. The van der Waals surface area contributed by atoms with E-state index in [0.717, 1.165) is 24.3 Å². The number of hydrogen-bond donors (Lipinski definition) is 14. The van der Waals surface area contributed by atoms with Gasteiger partial charge < -0.3 is 109 Å². The number of aromatic hydroxyl groups is 6. The lowest BCUT2D eigenvalue weighted by Gasteiger charge is -2.43. The number of ether oxygens (including phenoxy) is 8. The smallest absolute Gasteiger partial charge is 0.331 e. The highest BCUT2D eigenvalue weighted by molar-refractivity contribution is 5.87. The fourth-order valence-electron chi connectivity index (χ4n) is 7.47. The number of fused-ring (bicyclic) bond motifs is 1. The van der Waals surface area contributed by atoms with Crippen molar-refractivity contribution < 1.29 is 114 Å². The minimum absolute atomic E-state index is 0.0208. The molecule has 0 saturated carbocycles. The summed E-state index contributed by atoms with van der Waals surface area (Å²) in [5, 5.41) is 146. The molecule has 4 heterocycles. The largest absolute Gasteiger partial charge is 0.571 e. The molecule has 15 N–H and O–H groups in total. The van der Waals surface area contributed by atoms with Gasteiger partial charge in [-0.15, -0.1) is 0 Å². The third-order valence-electron chi connectivity index (χ3n) is 11.1. The van der Waals surface area contributed by atoms with Gasteiger partial charge in [0, 0.05) is 18.2 Å². The van der Waals surface area contributed by atoms with Gasteiger partial charge in [-0.1, -0.05) is 6.07 Å². The van der Waals surface area contributed by atoms with Crippen LogP contribution >= 0.6 is 0 Å². The first-order valence-electron chi connectivity index (χ1n) is 20.0. The van der Waals surface area contributed by atoms with Gasteiger partial charge in [0.15, 0.2) is 41.2 Å². The first-order chi connectivity index (χ1) is 30.8. The third-order valence-corrected chi connectivity index (χ3v) is 11.1. The van der Waals surface area contributed by atoms with Gasteiger partial charge in [-0.05, 0) is 48.9 Å². The van der Waals surface area contributed by atoms with E-state index in [2.05, 4.69) is 4.74 Å². The molecule has 0 aromatic heterocycles. The fraction of sp³-hybridized carbons (Fsp3) is 0.452. The van der Waals surface area contributed by atoms with Crippen molar-refractivity contribution in [1.82, 2.24) is 0 Å². The van der Waals surface area contributed by atoms with Crippen LogP contribution in [0.25, 0.3) is 12.2 Å². The monoisotopic (exact) mass is 921 g/mol. The van der Waals surface area contributed by atoms with Crippen LogP contribution < -0.4 is 4.74 Å². The summed E-state index contributed by atoms with van der Waals surface area (Å²) in [5.74, 6) is -3.61. The summed E-state index contributed by atoms with van der Waals surface area (Å²) in [7, 11) is 0. The maximum absolute atomic E-state index is 12.6. The molecule has 3 saturated heterocycles. The van der Waals surface area contributed by atoms with E-state index in [0.29, 0.717) is 5.56 Å². The lowest BCUT2D eigenvalue weighted by Crippen LogP contribution is -2.61. The molecule has 4 aliphatic rings. The number of esters is 1. The maximum Gasteiger partial charge on any atom is 0.331 e. The minimum Gasteiger partial charge on any atom is -0.571 e. The zero-order valence-electron chi connectivity index (χ0n) is 34.0. The zero-order chi connectivity index (χ0) is 47.0. The van der Waals surface area contributed by atoms with Gasteiger partial charge in [0.2, 0.25) is 12.6 Å². The summed E-state index contributed by atoms with van der Waals surface area (Å²) in [5.41, 5.74) is 0.546. The van der Waals surface area contributed by atoms with Crippen molar-refractivity contribution in [3.05, 3.63) is 77.1 Å². The van der Waals surface area contributed by atoms with Crippen molar-refractivity contribution in [2.24, 2.45) is 0 Å². The average Bonchev–Trinajstić information content (AvgIpc) is 3.27. The number of benzene rings is 3. The molecule has 0 amide bonds. The second-order valence-corrected chi connectivity index (χ2v) is 15.7. The van der Waals surface area contributed by atoms with Gasteiger partial charge >= 0.3 is 5.97 Å². The van der Waals surface area contributed by atoms with Crippen LogP contribution in [0.2, 0.25) is 0 Å². The number of carbonyl (C=O) groups excluding carboxylic acids is 1. The van der Waals surface area contributed by atoms with Crippen molar-refractivity contribution in [2.45, 2.75) is 105 Å². The van der Waals surface area contributed by atoms with Crippen molar-refractivity contribution >= 4 is 18.1 Å². The minimum atomic E-state index is -1.97. The van der Waals surface area contributed by atoms with Gasteiger partial charge in [-0.3, -0.25) is 0 Å². The highest BCUT2D eigenvalue weighted by Gasteiger charge is 2.50. The summed E-state index contributed by atoms with van der Waals surface area (Å²) in [6, 6.07) is 9.76. The number of carbonyl (C=O) groups is 1. The highest BCUT2D eigenvalue weighted by atomic mass is 16.7. The number of aliphatic hydroxyl groups excluding tert-OH is 9. The van der Waals surface area contributed by atoms with E-state index in [9.17, 15) is 76.3 Å². The Hall–Kier alpha value is -5.51. The van der Waals surface area contributed by atoms with Crippen molar-refractivity contribution in [2.75, 3.05) is 13.2 Å². The van der Waals surface area contributed by atoms with Crippen LogP contribution in [0.5, 0.6) is 40.2 Å². The second kappa shape index (κ2) is 19.5. The molecule has 16 atom stereocenters. The van der Waals surface area contributed by atoms with Crippen molar-refractivity contribution in [3.63, 3.8) is 0 Å². The molecule has 3 fully saturated rings. The molecule has 1 unspecified atom stereocenters. The van der Waals surface area contributed by atoms with Gasteiger partial charge in [-0.2, -0.15) is 0 Å². The van der Waals surface area contributed by atoms with E-state index < -0.39 is 140 Å². The fourth-order valence-corrected chi connectivity index (χ4v) is 7.47. The molecule has 4 aliphatic heterocycles. The highest BCUT2D eigenvalue weighted by Crippen LogP contribution is 2.47. The Kier molecular flexibility index (Phi) is 14.3. The average molecular weight is 922 g/mol. The molecule has 7 rings (SSSR count). The Labute approximate surface area is 367 Å². The predicted octanol–water partition coefficient (Wildman–Crippen LogP) is -2.34. The van der Waals surface area contributed by atoms with E-state index in [1.165, 1.54) is 49.4 Å². The lowest BCUT2D eigenvalue weighted by molar-refractivity contribution is -0.325. The molecule has 0 spiro atoms. The molecule has 23 heteroatoms. The summed E-state index contributed by atoms with van der Waals surface area (Å²) in [6.07, 6.45) is -23.0. The standard InChI is InChI=1S/C42H48O23/c1-15-38(65-29(49)7-3-16-2-5-20(45)22(47)8-16)34(54)37(57)40(59-15)58-14-28-31(51)33(53)36(56)42(64-28)62-26-12-19-24(60-39(26)17-4-6-21(46)23(48)9-17)10-18(44)11-25(19)61-41-35(55)32(52)30(50)27(13-43)63-41/h2-12,15,27-28,30-48,50-57H,13-14H2,1H3/p+1/b7-3+/t15-,27-,28-,30-,31-,32+,33-,34-,35+,36+,37-,38+,39?,40-,41-,42-/m1/s1. The molecule has 65 heavy (non-hydrogen) atoms. The molecular formula is C42H49O23+. The molecule has 23 nitrogen and oxygen atoms in total. The van der Waals surface area contributed by atoms with Crippen LogP contribution in [0.3, 0.4) is 0 Å². The molecule has 0 bridgehead atoms. The first kappa shape index (κ1) is 47.5. The Morgan fingerprint density at radius 2 is 1.29 bits per heavy atom. The molecule has 0 radical (unpaired) electrons. The number of rotatable bonds is 12. The first-order valence-corrected chi connectivity index (χ1v) is 20.0. The second-order valence-electron chi connectivity index (χ2n) is 15.7. The normalized spacial score (nSPS) is 34.8. The Bertz CT molecular complexity index is 2230. The Balaban J connectivity index is 1.08. The van der Waals surface area contributed by atoms with Crippen LogP contribution in [0.1, 0.15) is 29.7 Å². The quantitative estimate of drug-likeness (QED) is 0.0392. The summed E-state index contributed by atoms with van der Waals surface area (Å²) in [6.45, 7) is -0.0257. The van der Waals surface area contributed by atoms with E-state index in [1.54, 1.807) is 0 Å². The topological polar surface area (TPSA) is 378 Å². The molecule has 354 valence electrons. The summed E-state index contributed by atoms with van der Waals surface area (Å²) < 4.78 is 44.6. The molecule has 3 aromatic carbocycles. The third kappa shape index (κ3) is 10.0. The van der Waals surface area contributed by atoms with Gasteiger partial charge in [-0.25, -0.2) is 4.79 Å². The van der Waals surface area contributed by atoms with Gasteiger partial charge in [0.25, 0.3) is 11.9 Å². The molecule has 3 aromatic rings. The maximum atomic E-state index is 12.6. The van der Waals surface area contributed by atoms with Gasteiger partial charge in [0.1, 0.15) is 78.1 Å². The van der Waals surface area contributed by atoms with Crippen LogP contribution in [0.4, 0.5) is 0 Å². The van der Waals surface area contributed by atoms with Gasteiger partial charge in [0.05, 0.1) is 30.9 Å². The number of aliphatic hydroxyl groups is 10. The van der Waals surface area contributed by atoms with E-state index in [4.69, 9.17) is 33.2 Å². The van der Waals surface area contributed by atoms with E-state index in [-0.39, 0.29) is 34.1 Å². The SMILES string of the molecule is C[C@H]1O[C@@H](OC[C@H]2O[C@@H](OC3=Cc4c(O[C@@H]5O[C@H](CO)[C@@H](O)[C@H](O)[C@@H]5O)cc(O)cc4[OH+]C3c3ccc(O)c(O)c3)[C@@H](O)[C@H](O)[C@@H]2O)[C@H](O)[C@@H](O)[C@H]1OC(=O)/C=C/c1ccc(O)c(O)c1. The van der Waals surface area contributed by atoms with Crippen LogP contribution in [-0.2, 0) is 33.2 Å². The zero-order valence-corrected chi connectivity index (χ0v) is 34.0. The molecule has 0 aliphatic carbocycles. The lowest BCUT2D eigenvalue weighted by atomic mass is 9.98. The van der Waals surface area contributed by atoms with E-state index in [1.807, 2.05) is 0 Å². The Morgan fingerprint density at radius 3 is 1.95 bits per heavy atom. The van der Waals surface area contributed by atoms with Crippen LogP contribution in [-0.4, -0.2) is 188 Å². The van der Waals surface area contributed by atoms with E-state index >= 15 is 0 Å². The number of phenolic OH excluding ortho intramolecular Hbond substituents is 5. The number of hydrogen-bond acceptors (Lipinski definition) is 22. The molecular weight excluding hydrogens is 872 g/mol. The van der Waals surface area contributed by atoms with Crippen LogP contribution in [0.15, 0.2) is 60.4 Å².